The number of carbonyl (C=O) groups excluding carboxylic acids is 4. The SMILES string of the molecule is COC(=O)C(NC(=O)CCN(CCCO[Si](C)(C)C(C)(C)C)C(=O)c1ccccc1-n1nccn1)C(C)=O. The topological polar surface area (TPSA) is 133 Å². The van der Waals surface area contributed by atoms with Gasteiger partial charge in [-0.25, -0.2) is 4.79 Å². The molecule has 2 aromatic rings. The van der Waals surface area contributed by atoms with Crippen molar-refractivity contribution >= 4 is 31.9 Å². The van der Waals surface area contributed by atoms with E-state index in [0.717, 1.165) is 7.11 Å². The molecule has 1 unspecified atom stereocenters. The summed E-state index contributed by atoms with van der Waals surface area (Å²) < 4.78 is 10.9. The Bertz CT molecular complexity index is 1110. The van der Waals surface area contributed by atoms with Crippen LogP contribution in [0.3, 0.4) is 0 Å². The highest BCUT2D eigenvalue weighted by molar-refractivity contribution is 6.74. The molecule has 208 valence electrons. The number of para-hydroxylation sites is 1. The van der Waals surface area contributed by atoms with Gasteiger partial charge in [0.1, 0.15) is 0 Å². The number of nitrogens with one attached hydrogen (secondary N) is 1. The van der Waals surface area contributed by atoms with Gasteiger partial charge >= 0.3 is 5.97 Å². The summed E-state index contributed by atoms with van der Waals surface area (Å²) in [6.45, 7) is 12.9. The maximum Gasteiger partial charge on any atom is 0.336 e. The maximum atomic E-state index is 13.7. The van der Waals surface area contributed by atoms with Gasteiger partial charge in [0.15, 0.2) is 20.1 Å². The van der Waals surface area contributed by atoms with Crippen molar-refractivity contribution in [3.05, 3.63) is 42.2 Å². The second-order valence-electron chi connectivity index (χ2n) is 10.5. The van der Waals surface area contributed by atoms with Gasteiger partial charge in [0.25, 0.3) is 5.91 Å². The third kappa shape index (κ3) is 8.32. The number of nitrogens with zero attached hydrogens (tertiary/aromatic N) is 4. The molecule has 0 aliphatic carbocycles. The first-order valence-corrected chi connectivity index (χ1v) is 15.5. The van der Waals surface area contributed by atoms with Crippen LogP contribution in [-0.2, 0) is 23.5 Å². The molecular formula is C26H39N5O6Si. The lowest BCUT2D eigenvalue weighted by Gasteiger charge is -2.36. The highest BCUT2D eigenvalue weighted by atomic mass is 28.4. The number of esters is 1. The molecule has 1 aromatic heterocycles. The Morgan fingerprint density at radius 3 is 2.29 bits per heavy atom. The van der Waals surface area contributed by atoms with Gasteiger partial charge in [-0.05, 0) is 43.6 Å². The van der Waals surface area contributed by atoms with E-state index in [4.69, 9.17) is 4.43 Å². The number of methoxy groups -OCH3 is 1. The third-order valence-electron chi connectivity index (χ3n) is 6.65. The largest absolute Gasteiger partial charge is 0.467 e. The van der Waals surface area contributed by atoms with Gasteiger partial charge in [0.2, 0.25) is 5.91 Å². The minimum Gasteiger partial charge on any atom is -0.467 e. The van der Waals surface area contributed by atoms with E-state index in [0.29, 0.717) is 30.8 Å². The van der Waals surface area contributed by atoms with Crippen LogP contribution >= 0.6 is 0 Å². The number of benzene rings is 1. The summed E-state index contributed by atoms with van der Waals surface area (Å²) in [5.41, 5.74) is 0.891. The number of ether oxygens (including phenoxy) is 1. The zero-order valence-corrected chi connectivity index (χ0v) is 24.3. The van der Waals surface area contributed by atoms with Crippen LogP contribution in [0.25, 0.3) is 5.69 Å². The van der Waals surface area contributed by atoms with Crippen molar-refractivity contribution in [2.24, 2.45) is 0 Å². The molecule has 1 atom stereocenters. The van der Waals surface area contributed by atoms with E-state index >= 15 is 0 Å². The monoisotopic (exact) mass is 545 g/mol. The summed E-state index contributed by atoms with van der Waals surface area (Å²) in [5, 5.41) is 10.7. The number of carbonyl (C=O) groups is 4. The molecule has 0 radical (unpaired) electrons. The Hall–Kier alpha value is -3.38. The highest BCUT2D eigenvalue weighted by Gasteiger charge is 2.37. The van der Waals surface area contributed by atoms with Gasteiger partial charge in [-0.2, -0.15) is 15.0 Å². The van der Waals surface area contributed by atoms with E-state index < -0.39 is 32.0 Å². The summed E-state index contributed by atoms with van der Waals surface area (Å²) in [4.78, 5) is 52.9. The Kier molecular flexibility index (Phi) is 10.9. The van der Waals surface area contributed by atoms with Crippen molar-refractivity contribution in [1.82, 2.24) is 25.2 Å². The van der Waals surface area contributed by atoms with E-state index in [2.05, 4.69) is 54.1 Å². The predicted molar refractivity (Wildman–Crippen MR) is 144 cm³/mol. The number of ketones is 1. The molecule has 1 heterocycles. The van der Waals surface area contributed by atoms with Crippen LogP contribution < -0.4 is 5.32 Å². The minimum absolute atomic E-state index is 0.0587. The van der Waals surface area contributed by atoms with Gasteiger partial charge in [-0.3, -0.25) is 14.4 Å². The van der Waals surface area contributed by atoms with Crippen molar-refractivity contribution in [3.63, 3.8) is 0 Å². The predicted octanol–water partition coefficient (Wildman–Crippen LogP) is 2.76. The van der Waals surface area contributed by atoms with Crippen LogP contribution in [-0.4, -0.2) is 84.6 Å². The summed E-state index contributed by atoms with van der Waals surface area (Å²) in [5.74, 6) is -2.23. The molecule has 0 aliphatic rings. The fraction of sp³-hybridized carbons (Fsp3) is 0.538. The Morgan fingerprint density at radius 1 is 1.08 bits per heavy atom. The Balaban J connectivity index is 2.18. The van der Waals surface area contributed by atoms with Gasteiger partial charge in [-0.1, -0.05) is 32.9 Å². The van der Waals surface area contributed by atoms with E-state index in [1.165, 1.54) is 24.1 Å². The summed E-state index contributed by atoms with van der Waals surface area (Å²) in [6.07, 6.45) is 3.50. The fourth-order valence-electron chi connectivity index (χ4n) is 3.37. The number of hydrogen-bond acceptors (Lipinski definition) is 8. The van der Waals surface area contributed by atoms with Crippen molar-refractivity contribution < 1.29 is 28.3 Å². The normalized spacial score (nSPS) is 12.5. The van der Waals surface area contributed by atoms with E-state index in [1.807, 2.05) is 0 Å². The van der Waals surface area contributed by atoms with Crippen LogP contribution in [0.15, 0.2) is 36.7 Å². The lowest BCUT2D eigenvalue weighted by atomic mass is 10.1. The molecule has 11 nitrogen and oxygen atoms in total. The third-order valence-corrected chi connectivity index (χ3v) is 11.2. The standard InChI is InChI=1S/C26H39N5O6Si/c1-19(32)23(25(35)36-5)29-22(33)13-17-30(16-10-18-37-38(6,7)26(2,3)4)24(34)20-11-8-9-12-21(20)31-27-14-15-28-31/h8-9,11-12,14-15,23H,10,13,16-18H2,1-7H3,(H,29,33). The lowest BCUT2D eigenvalue weighted by molar-refractivity contribution is -0.148. The van der Waals surface area contributed by atoms with Crippen LogP contribution in [0.1, 0.15) is 50.9 Å². The quantitative estimate of drug-likeness (QED) is 0.176. The number of Topliss-reactive ketones (excluding diaryl/α,β-unsaturated/α-hetero) is 1. The van der Waals surface area contributed by atoms with Gasteiger partial charge in [0.05, 0.1) is 30.8 Å². The van der Waals surface area contributed by atoms with Crippen LogP contribution in [0.4, 0.5) is 0 Å². The molecule has 38 heavy (non-hydrogen) atoms. The van der Waals surface area contributed by atoms with Crippen LogP contribution in [0.5, 0.6) is 0 Å². The number of aromatic nitrogens is 3. The summed E-state index contributed by atoms with van der Waals surface area (Å²) in [6, 6.07) is 5.57. The first-order chi connectivity index (χ1) is 17.8. The number of rotatable bonds is 13. The molecule has 12 heteroatoms. The highest BCUT2D eigenvalue weighted by Crippen LogP contribution is 2.36. The molecule has 1 N–H and O–H groups in total. The average molecular weight is 546 g/mol. The zero-order chi connectivity index (χ0) is 28.5. The molecule has 1 aromatic carbocycles. The van der Waals surface area contributed by atoms with E-state index in [9.17, 15) is 19.2 Å². The summed E-state index contributed by atoms with van der Waals surface area (Å²) in [7, 11) is -0.815. The van der Waals surface area contributed by atoms with E-state index in [-0.39, 0.29) is 23.9 Å². The molecule has 2 amide bonds. The smallest absolute Gasteiger partial charge is 0.336 e. The molecule has 0 fully saturated rings. The fourth-order valence-corrected chi connectivity index (χ4v) is 4.46. The van der Waals surface area contributed by atoms with Crippen molar-refractivity contribution in [2.45, 2.75) is 64.7 Å². The summed E-state index contributed by atoms with van der Waals surface area (Å²) >= 11 is 0. The molecule has 0 saturated carbocycles. The van der Waals surface area contributed by atoms with Crippen molar-refractivity contribution in [3.8, 4) is 5.69 Å². The lowest BCUT2D eigenvalue weighted by Crippen LogP contribution is -2.47. The number of amides is 2. The molecule has 0 bridgehead atoms. The van der Waals surface area contributed by atoms with Gasteiger partial charge in [0, 0.05) is 26.1 Å². The first kappa shape index (κ1) is 30.8. The Morgan fingerprint density at radius 2 is 1.71 bits per heavy atom. The molecular weight excluding hydrogens is 506 g/mol. The Labute approximate surface area is 225 Å². The molecule has 0 aliphatic heterocycles. The zero-order valence-electron chi connectivity index (χ0n) is 23.3. The van der Waals surface area contributed by atoms with Crippen LogP contribution in [0.2, 0.25) is 18.1 Å². The van der Waals surface area contributed by atoms with Crippen LogP contribution in [0, 0.1) is 0 Å². The number of hydrogen-bond donors (Lipinski definition) is 1. The average Bonchev–Trinajstić information content (AvgIpc) is 3.40. The van der Waals surface area contributed by atoms with E-state index in [1.54, 1.807) is 29.2 Å². The minimum atomic E-state index is -1.96. The first-order valence-electron chi connectivity index (χ1n) is 12.5. The maximum absolute atomic E-state index is 13.7. The second kappa shape index (κ2) is 13.4. The second-order valence-corrected chi connectivity index (χ2v) is 15.3. The molecule has 0 saturated heterocycles. The van der Waals surface area contributed by atoms with Crippen molar-refractivity contribution in [2.75, 3.05) is 26.8 Å². The molecule has 2 rings (SSSR count). The van der Waals surface area contributed by atoms with Gasteiger partial charge in [-0.15, -0.1) is 0 Å². The molecule has 0 spiro atoms. The van der Waals surface area contributed by atoms with Gasteiger partial charge < -0.3 is 19.4 Å². The van der Waals surface area contributed by atoms with Crippen molar-refractivity contribution in [1.29, 1.82) is 0 Å².